The summed E-state index contributed by atoms with van der Waals surface area (Å²) >= 11 is 5.57. The van der Waals surface area contributed by atoms with Gasteiger partial charge in [-0.15, -0.1) is 0 Å². The van der Waals surface area contributed by atoms with Crippen LogP contribution in [0.5, 0.6) is 0 Å². The van der Waals surface area contributed by atoms with Gasteiger partial charge in [-0.25, -0.2) is 4.98 Å². The maximum Gasteiger partial charge on any atom is 0.251 e. The van der Waals surface area contributed by atoms with E-state index in [0.717, 1.165) is 10.8 Å². The molecule has 13 heavy (non-hydrogen) atoms. The van der Waals surface area contributed by atoms with Crippen LogP contribution >= 0.6 is 11.6 Å². The van der Waals surface area contributed by atoms with E-state index in [2.05, 4.69) is 15.0 Å². The molecule has 4 nitrogen and oxygen atoms in total. The lowest BCUT2D eigenvalue weighted by Crippen LogP contribution is -2.35. The third kappa shape index (κ3) is 1.45. The smallest absolute Gasteiger partial charge is 0.251 e. The summed E-state index contributed by atoms with van der Waals surface area (Å²) < 4.78 is 0. The Morgan fingerprint density at radius 3 is 3.08 bits per heavy atom. The van der Waals surface area contributed by atoms with E-state index in [1.165, 1.54) is 0 Å². The summed E-state index contributed by atoms with van der Waals surface area (Å²) in [5, 5.41) is 0.925. The number of amides is 1. The molecule has 0 fully saturated rings. The minimum atomic E-state index is -0.181. The number of fused-ring (bicyclic) bond motifs is 1. The summed E-state index contributed by atoms with van der Waals surface area (Å²) in [6, 6.07) is 0. The van der Waals surface area contributed by atoms with Gasteiger partial charge in [0.1, 0.15) is 0 Å². The van der Waals surface area contributed by atoms with Crippen LogP contribution in [0.1, 0.15) is 13.3 Å². The molecule has 0 radical (unpaired) electrons. The first-order valence-corrected chi connectivity index (χ1v) is 4.14. The Hall–Kier alpha value is -1.29. The van der Waals surface area contributed by atoms with Crippen LogP contribution in [-0.4, -0.2) is 15.9 Å². The van der Waals surface area contributed by atoms with Gasteiger partial charge in [0, 0.05) is 11.4 Å². The second-order valence-electron chi connectivity index (χ2n) is 2.84. The second-order valence-corrected chi connectivity index (χ2v) is 3.18. The van der Waals surface area contributed by atoms with Crippen LogP contribution in [0.15, 0.2) is 11.2 Å². The van der Waals surface area contributed by atoms with Gasteiger partial charge in [-0.05, 0) is 18.5 Å². The molecule has 0 saturated heterocycles. The van der Waals surface area contributed by atoms with E-state index >= 15 is 0 Å². The van der Waals surface area contributed by atoms with Gasteiger partial charge in [-0.3, -0.25) is 4.79 Å². The second kappa shape index (κ2) is 2.88. The van der Waals surface area contributed by atoms with Crippen LogP contribution in [0.2, 0.25) is 5.28 Å². The molecule has 0 N–H and O–H groups in total. The van der Waals surface area contributed by atoms with Gasteiger partial charge in [-0.1, -0.05) is 5.57 Å². The Labute approximate surface area is 79.0 Å². The summed E-state index contributed by atoms with van der Waals surface area (Å²) in [7, 11) is 0. The van der Waals surface area contributed by atoms with Gasteiger partial charge < -0.3 is 0 Å². The molecule has 2 rings (SSSR count). The van der Waals surface area contributed by atoms with Crippen molar-refractivity contribution in [1.82, 2.24) is 9.97 Å². The molecule has 2 heterocycles. The van der Waals surface area contributed by atoms with Crippen molar-refractivity contribution in [2.45, 2.75) is 13.3 Å². The highest BCUT2D eigenvalue weighted by Crippen LogP contribution is 2.02. The molecule has 0 spiro atoms. The third-order valence-corrected chi connectivity index (χ3v) is 2.03. The topological polar surface area (TPSA) is 55.2 Å². The predicted octanol–water partition coefficient (Wildman–Crippen LogP) is -0.150. The summed E-state index contributed by atoms with van der Waals surface area (Å²) in [6.07, 6.45) is 1.94. The predicted molar refractivity (Wildman–Crippen MR) is 46.5 cm³/mol. The fraction of sp³-hybridized carbons (Fsp3) is 0.250. The standard InChI is InChI=1S/C8H6ClN3O/c1-4-2-6(13)11-7-5(4)3-10-8(9)12-7/h3H,2H2,1H3. The summed E-state index contributed by atoms with van der Waals surface area (Å²) in [4.78, 5) is 22.5. The quantitative estimate of drug-likeness (QED) is 0.541. The zero-order valence-corrected chi connectivity index (χ0v) is 7.67. The number of hydrogen-bond donors (Lipinski definition) is 0. The fourth-order valence-electron chi connectivity index (χ4n) is 1.22. The molecule has 0 atom stereocenters. The van der Waals surface area contributed by atoms with Gasteiger partial charge >= 0.3 is 0 Å². The van der Waals surface area contributed by atoms with Gasteiger partial charge in [-0.2, -0.15) is 9.98 Å². The number of aromatic nitrogens is 2. The van der Waals surface area contributed by atoms with Crippen LogP contribution in [-0.2, 0) is 4.79 Å². The van der Waals surface area contributed by atoms with Gasteiger partial charge in [0.25, 0.3) is 5.91 Å². The number of halogens is 1. The minimum Gasteiger partial charge on any atom is -0.272 e. The average molecular weight is 196 g/mol. The maximum absolute atomic E-state index is 11.1. The van der Waals surface area contributed by atoms with E-state index < -0.39 is 0 Å². The number of carbonyl (C=O) groups excluding carboxylic acids is 1. The van der Waals surface area contributed by atoms with Crippen LogP contribution in [0.3, 0.4) is 0 Å². The molecular weight excluding hydrogens is 190 g/mol. The van der Waals surface area contributed by atoms with Crippen LogP contribution in [0.4, 0.5) is 0 Å². The molecule has 0 aromatic carbocycles. The molecule has 1 amide bonds. The monoisotopic (exact) mass is 195 g/mol. The number of rotatable bonds is 0. The van der Waals surface area contributed by atoms with Gasteiger partial charge in [0.2, 0.25) is 5.28 Å². The Kier molecular flexibility index (Phi) is 1.84. The van der Waals surface area contributed by atoms with Crippen LogP contribution < -0.4 is 10.7 Å². The number of carbonyl (C=O) groups is 1. The normalized spacial score (nSPS) is 15.2. The third-order valence-electron chi connectivity index (χ3n) is 1.85. The molecule has 1 aliphatic heterocycles. The molecule has 0 aliphatic carbocycles. The van der Waals surface area contributed by atoms with E-state index in [1.54, 1.807) is 6.20 Å². The van der Waals surface area contributed by atoms with Crippen molar-refractivity contribution in [3.8, 4) is 0 Å². The van der Waals surface area contributed by atoms with E-state index in [9.17, 15) is 4.79 Å². The van der Waals surface area contributed by atoms with Crippen LogP contribution in [0.25, 0.3) is 5.57 Å². The van der Waals surface area contributed by atoms with E-state index in [1.807, 2.05) is 6.92 Å². The van der Waals surface area contributed by atoms with Crippen molar-refractivity contribution in [2.75, 3.05) is 0 Å². The van der Waals surface area contributed by atoms with E-state index in [4.69, 9.17) is 11.6 Å². The lowest BCUT2D eigenvalue weighted by Gasteiger charge is -2.02. The van der Waals surface area contributed by atoms with Gasteiger partial charge in [0.05, 0.1) is 6.42 Å². The summed E-state index contributed by atoms with van der Waals surface area (Å²) in [6.45, 7) is 1.86. The Balaban J connectivity index is 2.88. The zero-order valence-electron chi connectivity index (χ0n) is 6.91. The van der Waals surface area contributed by atoms with Crippen molar-refractivity contribution in [2.24, 2.45) is 4.99 Å². The minimum absolute atomic E-state index is 0.116. The molecule has 5 heteroatoms. The highest BCUT2D eigenvalue weighted by atomic mass is 35.5. The molecular formula is C8H6ClN3O. The van der Waals surface area contributed by atoms with Crippen molar-refractivity contribution < 1.29 is 4.79 Å². The number of nitrogens with zero attached hydrogens (tertiary/aromatic N) is 3. The number of hydrogen-bond acceptors (Lipinski definition) is 3. The lowest BCUT2D eigenvalue weighted by atomic mass is 10.1. The maximum atomic E-state index is 11.1. The molecule has 0 unspecified atom stereocenters. The average Bonchev–Trinajstić information content (AvgIpc) is 2.02. The molecule has 1 aromatic heterocycles. The molecule has 1 aromatic rings. The first kappa shape index (κ1) is 8.31. The zero-order chi connectivity index (χ0) is 9.42. The summed E-state index contributed by atoms with van der Waals surface area (Å²) in [5.41, 5.74) is 1.32. The van der Waals surface area contributed by atoms with Crippen LogP contribution in [0, 0.1) is 0 Å². The van der Waals surface area contributed by atoms with E-state index in [-0.39, 0.29) is 11.2 Å². The van der Waals surface area contributed by atoms with Crippen molar-refractivity contribution >= 4 is 23.1 Å². The molecule has 0 saturated carbocycles. The van der Waals surface area contributed by atoms with Gasteiger partial charge in [0.15, 0.2) is 5.49 Å². The van der Waals surface area contributed by atoms with Crippen molar-refractivity contribution in [3.05, 3.63) is 22.2 Å². The first-order chi connectivity index (χ1) is 6.16. The van der Waals surface area contributed by atoms with Crippen molar-refractivity contribution in [3.63, 3.8) is 0 Å². The fourth-order valence-corrected chi connectivity index (χ4v) is 1.35. The van der Waals surface area contributed by atoms with E-state index in [0.29, 0.717) is 11.9 Å². The Morgan fingerprint density at radius 2 is 2.31 bits per heavy atom. The summed E-state index contributed by atoms with van der Waals surface area (Å²) in [5.74, 6) is -0.181. The lowest BCUT2D eigenvalue weighted by molar-refractivity contribution is -0.117. The molecule has 0 bridgehead atoms. The molecule has 1 aliphatic rings. The Morgan fingerprint density at radius 1 is 1.54 bits per heavy atom. The SMILES string of the molecule is CC1=c2cnc(Cl)nc2=NC(=O)C1. The van der Waals surface area contributed by atoms with Crippen molar-refractivity contribution in [1.29, 1.82) is 0 Å². The Bertz CT molecular complexity index is 495. The first-order valence-electron chi connectivity index (χ1n) is 3.77. The highest BCUT2D eigenvalue weighted by Gasteiger charge is 2.09. The molecule has 66 valence electrons. The highest BCUT2D eigenvalue weighted by molar-refractivity contribution is 6.28. The largest absolute Gasteiger partial charge is 0.272 e.